The van der Waals surface area contributed by atoms with Crippen LogP contribution in [0.5, 0.6) is 0 Å². The number of aromatic nitrogens is 4. The summed E-state index contributed by atoms with van der Waals surface area (Å²) in [5.74, 6) is -1.50. The van der Waals surface area contributed by atoms with Gasteiger partial charge in [0, 0.05) is 24.7 Å². The molecule has 1 aromatic heterocycles. The molecule has 4 rings (SSSR count). The molecule has 1 aliphatic rings. The standard InChI is InChI=1S/C19H17F2N5O/c20-14-8-9-16(17(21)11-14)19(27)25-10-4-7-15(12-25)26-23-18(22-24-26)13-5-2-1-3-6-13/h1-3,5-6,8-9,11,15H,4,7,10,12H2. The molecule has 0 spiro atoms. The highest BCUT2D eigenvalue weighted by Crippen LogP contribution is 2.23. The highest BCUT2D eigenvalue weighted by molar-refractivity contribution is 5.94. The van der Waals surface area contributed by atoms with Crippen LogP contribution in [0.1, 0.15) is 29.2 Å². The number of piperidine rings is 1. The Hall–Kier alpha value is -3.16. The number of carbonyl (C=O) groups is 1. The van der Waals surface area contributed by atoms with E-state index in [0.29, 0.717) is 18.9 Å². The molecule has 2 heterocycles. The molecule has 0 N–H and O–H groups in total. The molecule has 1 unspecified atom stereocenters. The minimum absolute atomic E-state index is 0.131. The van der Waals surface area contributed by atoms with Crippen LogP contribution in [0, 0.1) is 11.6 Å². The molecule has 1 aliphatic heterocycles. The fourth-order valence-electron chi connectivity index (χ4n) is 3.24. The number of hydrogen-bond acceptors (Lipinski definition) is 4. The van der Waals surface area contributed by atoms with Crippen LogP contribution in [-0.4, -0.2) is 44.1 Å². The number of benzene rings is 2. The van der Waals surface area contributed by atoms with E-state index in [0.717, 1.165) is 30.5 Å². The van der Waals surface area contributed by atoms with Crippen LogP contribution >= 0.6 is 0 Å². The number of carbonyl (C=O) groups excluding carboxylic acids is 1. The van der Waals surface area contributed by atoms with E-state index < -0.39 is 17.5 Å². The third-order valence-corrected chi connectivity index (χ3v) is 4.63. The lowest BCUT2D eigenvalue weighted by molar-refractivity contribution is 0.0658. The van der Waals surface area contributed by atoms with Gasteiger partial charge in [0.25, 0.3) is 5.91 Å². The van der Waals surface area contributed by atoms with Crippen molar-refractivity contribution in [2.75, 3.05) is 13.1 Å². The maximum Gasteiger partial charge on any atom is 0.256 e. The normalized spacial score (nSPS) is 17.1. The van der Waals surface area contributed by atoms with Crippen molar-refractivity contribution in [1.29, 1.82) is 0 Å². The number of tetrazole rings is 1. The van der Waals surface area contributed by atoms with Gasteiger partial charge in [-0.3, -0.25) is 4.79 Å². The fraction of sp³-hybridized carbons (Fsp3) is 0.263. The maximum absolute atomic E-state index is 13.9. The van der Waals surface area contributed by atoms with Gasteiger partial charge in [0.15, 0.2) is 0 Å². The summed E-state index contributed by atoms with van der Waals surface area (Å²) in [7, 11) is 0. The number of halogens is 2. The summed E-state index contributed by atoms with van der Waals surface area (Å²) in [5, 5.41) is 12.6. The van der Waals surface area contributed by atoms with Crippen molar-refractivity contribution in [2.45, 2.75) is 18.9 Å². The van der Waals surface area contributed by atoms with E-state index >= 15 is 0 Å². The SMILES string of the molecule is O=C(c1ccc(F)cc1F)N1CCCC(n2nnc(-c3ccccc3)n2)C1. The predicted molar refractivity (Wildman–Crippen MR) is 93.8 cm³/mol. The Bertz CT molecular complexity index is 960. The van der Waals surface area contributed by atoms with E-state index in [1.165, 1.54) is 10.9 Å². The van der Waals surface area contributed by atoms with Gasteiger partial charge in [-0.05, 0) is 30.2 Å². The Balaban J connectivity index is 1.51. The number of nitrogens with zero attached hydrogens (tertiary/aromatic N) is 5. The van der Waals surface area contributed by atoms with Gasteiger partial charge in [0.2, 0.25) is 5.82 Å². The number of likely N-dealkylation sites (tertiary alicyclic amines) is 1. The smallest absolute Gasteiger partial charge is 0.256 e. The maximum atomic E-state index is 13.9. The van der Waals surface area contributed by atoms with Gasteiger partial charge in [0.1, 0.15) is 11.6 Å². The van der Waals surface area contributed by atoms with E-state index in [1.54, 1.807) is 4.90 Å². The van der Waals surface area contributed by atoms with Crippen molar-refractivity contribution >= 4 is 5.91 Å². The van der Waals surface area contributed by atoms with Crippen LogP contribution in [0.2, 0.25) is 0 Å². The zero-order valence-electron chi connectivity index (χ0n) is 14.4. The average molecular weight is 369 g/mol. The summed E-state index contributed by atoms with van der Waals surface area (Å²) >= 11 is 0. The Morgan fingerprint density at radius 3 is 2.70 bits per heavy atom. The lowest BCUT2D eigenvalue weighted by Crippen LogP contribution is -2.41. The minimum atomic E-state index is -0.854. The summed E-state index contributed by atoms with van der Waals surface area (Å²) in [6.45, 7) is 0.854. The molecule has 3 aromatic rings. The zero-order valence-corrected chi connectivity index (χ0v) is 14.4. The first-order chi connectivity index (χ1) is 13.1. The lowest BCUT2D eigenvalue weighted by atomic mass is 10.0. The predicted octanol–water partition coefficient (Wildman–Crippen LogP) is 3.10. The molecule has 1 atom stereocenters. The topological polar surface area (TPSA) is 63.9 Å². The van der Waals surface area contributed by atoms with E-state index in [2.05, 4.69) is 15.4 Å². The van der Waals surface area contributed by atoms with E-state index in [1.807, 2.05) is 30.3 Å². The van der Waals surface area contributed by atoms with E-state index in [9.17, 15) is 13.6 Å². The molecule has 0 radical (unpaired) electrons. The van der Waals surface area contributed by atoms with Crippen molar-refractivity contribution < 1.29 is 13.6 Å². The second-order valence-corrected chi connectivity index (χ2v) is 6.47. The molecular weight excluding hydrogens is 352 g/mol. The molecule has 27 heavy (non-hydrogen) atoms. The van der Waals surface area contributed by atoms with Gasteiger partial charge in [-0.2, -0.15) is 4.80 Å². The first-order valence-electron chi connectivity index (χ1n) is 8.71. The average Bonchev–Trinajstić information content (AvgIpc) is 3.19. The van der Waals surface area contributed by atoms with Crippen LogP contribution in [0.25, 0.3) is 11.4 Å². The quantitative estimate of drug-likeness (QED) is 0.712. The van der Waals surface area contributed by atoms with Crippen molar-refractivity contribution in [2.24, 2.45) is 0 Å². The third-order valence-electron chi connectivity index (χ3n) is 4.63. The molecule has 2 aromatic carbocycles. The number of amides is 1. The summed E-state index contributed by atoms with van der Waals surface area (Å²) in [6, 6.07) is 12.3. The molecule has 6 nitrogen and oxygen atoms in total. The largest absolute Gasteiger partial charge is 0.336 e. The minimum Gasteiger partial charge on any atom is -0.336 e. The molecule has 0 saturated carbocycles. The molecule has 0 aliphatic carbocycles. The van der Waals surface area contributed by atoms with E-state index in [-0.39, 0.29) is 11.6 Å². The summed E-state index contributed by atoms with van der Waals surface area (Å²) in [4.78, 5) is 15.7. The van der Waals surface area contributed by atoms with Crippen molar-refractivity contribution in [3.63, 3.8) is 0 Å². The fourth-order valence-corrected chi connectivity index (χ4v) is 3.24. The molecule has 0 bridgehead atoms. The summed E-state index contributed by atoms with van der Waals surface area (Å²) in [5.41, 5.74) is 0.731. The summed E-state index contributed by atoms with van der Waals surface area (Å²) in [6.07, 6.45) is 1.53. The molecule has 1 saturated heterocycles. The van der Waals surface area contributed by atoms with Crippen LogP contribution in [0.3, 0.4) is 0 Å². The molecular formula is C19H17F2N5O. The van der Waals surface area contributed by atoms with Gasteiger partial charge in [-0.1, -0.05) is 30.3 Å². The second kappa shape index (κ2) is 7.22. The van der Waals surface area contributed by atoms with Crippen LogP contribution in [-0.2, 0) is 0 Å². The second-order valence-electron chi connectivity index (χ2n) is 6.47. The van der Waals surface area contributed by atoms with Crippen molar-refractivity contribution in [1.82, 2.24) is 25.1 Å². The molecule has 1 amide bonds. The van der Waals surface area contributed by atoms with Gasteiger partial charge < -0.3 is 4.90 Å². The van der Waals surface area contributed by atoms with Crippen molar-refractivity contribution in [3.8, 4) is 11.4 Å². The molecule has 1 fully saturated rings. The Labute approximate surface area is 154 Å². The third kappa shape index (κ3) is 3.55. The highest BCUT2D eigenvalue weighted by Gasteiger charge is 2.28. The molecule has 138 valence electrons. The Morgan fingerprint density at radius 2 is 1.93 bits per heavy atom. The highest BCUT2D eigenvalue weighted by atomic mass is 19.1. The monoisotopic (exact) mass is 369 g/mol. The lowest BCUT2D eigenvalue weighted by Gasteiger charge is -2.32. The zero-order chi connectivity index (χ0) is 18.8. The van der Waals surface area contributed by atoms with Gasteiger partial charge >= 0.3 is 0 Å². The first-order valence-corrected chi connectivity index (χ1v) is 8.71. The van der Waals surface area contributed by atoms with Crippen LogP contribution < -0.4 is 0 Å². The Morgan fingerprint density at radius 1 is 1.11 bits per heavy atom. The Kier molecular flexibility index (Phi) is 4.62. The van der Waals surface area contributed by atoms with Gasteiger partial charge in [0.05, 0.1) is 11.6 Å². The van der Waals surface area contributed by atoms with Gasteiger partial charge in [-0.25, -0.2) is 8.78 Å². The number of hydrogen-bond donors (Lipinski definition) is 0. The van der Waals surface area contributed by atoms with Crippen molar-refractivity contribution in [3.05, 3.63) is 65.7 Å². The van der Waals surface area contributed by atoms with E-state index in [4.69, 9.17) is 0 Å². The molecule has 8 heteroatoms. The van der Waals surface area contributed by atoms with Crippen LogP contribution in [0.4, 0.5) is 8.78 Å². The van der Waals surface area contributed by atoms with Gasteiger partial charge in [-0.15, -0.1) is 10.2 Å². The first kappa shape index (κ1) is 17.3. The number of rotatable bonds is 3. The summed E-state index contributed by atoms with van der Waals surface area (Å²) < 4.78 is 27.0. The van der Waals surface area contributed by atoms with Crippen LogP contribution in [0.15, 0.2) is 48.5 Å².